The average molecular weight is 345 g/mol. The summed E-state index contributed by atoms with van der Waals surface area (Å²) in [6, 6.07) is 14.6. The van der Waals surface area contributed by atoms with Crippen LogP contribution in [0.1, 0.15) is 18.9 Å². The summed E-state index contributed by atoms with van der Waals surface area (Å²) < 4.78 is 0.592. The predicted octanol–water partition coefficient (Wildman–Crippen LogP) is 3.07. The highest BCUT2D eigenvalue weighted by molar-refractivity contribution is 9.10. The number of anilines is 1. The third kappa shape index (κ3) is 2.27. The van der Waals surface area contributed by atoms with Crippen LogP contribution in [0.5, 0.6) is 0 Å². The van der Waals surface area contributed by atoms with Crippen molar-refractivity contribution in [3.63, 3.8) is 0 Å². The molecule has 2 heterocycles. The van der Waals surface area contributed by atoms with Gasteiger partial charge in [0.1, 0.15) is 10.4 Å². The number of halogens is 1. The number of carbonyl (C=O) groups is 2. The lowest BCUT2D eigenvalue weighted by molar-refractivity contribution is -0.122. The molecule has 5 heteroatoms. The third-order valence-corrected chi connectivity index (χ3v) is 4.21. The Balaban J connectivity index is 2.04. The Morgan fingerprint density at radius 2 is 1.81 bits per heavy atom. The third-order valence-electron chi connectivity index (χ3n) is 3.77. The molecule has 1 aliphatic heterocycles. The van der Waals surface area contributed by atoms with Crippen molar-refractivity contribution < 1.29 is 9.59 Å². The summed E-state index contributed by atoms with van der Waals surface area (Å²) in [7, 11) is 0. The van der Waals surface area contributed by atoms with Crippen LogP contribution in [0.25, 0.3) is 0 Å². The topological polar surface area (TPSA) is 50.3 Å². The Morgan fingerprint density at radius 3 is 2.48 bits per heavy atom. The van der Waals surface area contributed by atoms with Crippen molar-refractivity contribution in [1.29, 1.82) is 0 Å². The molecule has 106 valence electrons. The SMILES string of the molecule is CC1(c2ccccc2)CC(=O)N(c2cccc(Br)n2)C1=O. The highest BCUT2D eigenvalue weighted by atomic mass is 79.9. The van der Waals surface area contributed by atoms with E-state index in [4.69, 9.17) is 0 Å². The second kappa shape index (κ2) is 5.07. The van der Waals surface area contributed by atoms with Crippen LogP contribution in [-0.2, 0) is 15.0 Å². The minimum absolute atomic E-state index is 0.157. The minimum Gasteiger partial charge on any atom is -0.274 e. The van der Waals surface area contributed by atoms with E-state index in [0.29, 0.717) is 10.4 Å². The average Bonchev–Trinajstić information content (AvgIpc) is 2.71. The molecule has 1 saturated heterocycles. The van der Waals surface area contributed by atoms with Crippen LogP contribution in [0.15, 0.2) is 53.1 Å². The van der Waals surface area contributed by atoms with E-state index in [1.54, 1.807) is 25.1 Å². The molecule has 2 aromatic rings. The summed E-state index contributed by atoms with van der Waals surface area (Å²) in [6.07, 6.45) is 0.157. The van der Waals surface area contributed by atoms with E-state index in [9.17, 15) is 9.59 Å². The van der Waals surface area contributed by atoms with Crippen LogP contribution < -0.4 is 4.90 Å². The molecule has 3 rings (SSSR count). The zero-order valence-corrected chi connectivity index (χ0v) is 13.0. The van der Waals surface area contributed by atoms with Gasteiger partial charge in [-0.3, -0.25) is 9.59 Å². The van der Waals surface area contributed by atoms with Crippen molar-refractivity contribution in [2.45, 2.75) is 18.8 Å². The van der Waals surface area contributed by atoms with E-state index >= 15 is 0 Å². The predicted molar refractivity (Wildman–Crippen MR) is 82.8 cm³/mol. The number of aromatic nitrogens is 1. The van der Waals surface area contributed by atoms with E-state index in [1.807, 2.05) is 30.3 Å². The van der Waals surface area contributed by atoms with Crippen LogP contribution in [0, 0.1) is 0 Å². The second-order valence-electron chi connectivity index (χ2n) is 5.23. The molecule has 1 atom stereocenters. The van der Waals surface area contributed by atoms with Gasteiger partial charge in [0.15, 0.2) is 0 Å². The van der Waals surface area contributed by atoms with E-state index in [-0.39, 0.29) is 18.2 Å². The lowest BCUT2D eigenvalue weighted by Gasteiger charge is -2.22. The Labute approximate surface area is 130 Å². The van der Waals surface area contributed by atoms with E-state index in [1.165, 1.54) is 4.90 Å². The largest absolute Gasteiger partial charge is 0.274 e. The summed E-state index contributed by atoms with van der Waals surface area (Å²) in [4.78, 5) is 30.5. The maximum Gasteiger partial charge on any atom is 0.245 e. The van der Waals surface area contributed by atoms with Crippen LogP contribution in [0.2, 0.25) is 0 Å². The smallest absolute Gasteiger partial charge is 0.245 e. The molecular weight excluding hydrogens is 332 g/mol. The van der Waals surface area contributed by atoms with Gasteiger partial charge in [-0.15, -0.1) is 0 Å². The zero-order chi connectivity index (χ0) is 15.0. The van der Waals surface area contributed by atoms with Crippen molar-refractivity contribution in [2.75, 3.05) is 4.90 Å². The minimum atomic E-state index is -0.831. The van der Waals surface area contributed by atoms with Crippen molar-refractivity contribution in [1.82, 2.24) is 4.98 Å². The number of hydrogen-bond donors (Lipinski definition) is 0. The number of carbonyl (C=O) groups excluding carboxylic acids is 2. The molecule has 0 saturated carbocycles. The maximum absolute atomic E-state index is 12.8. The van der Waals surface area contributed by atoms with Crippen LogP contribution in [-0.4, -0.2) is 16.8 Å². The summed E-state index contributed by atoms with van der Waals surface area (Å²) >= 11 is 3.26. The lowest BCUT2D eigenvalue weighted by Crippen LogP contribution is -2.37. The second-order valence-corrected chi connectivity index (χ2v) is 6.04. The molecule has 0 aliphatic carbocycles. The molecular formula is C16H13BrN2O2. The van der Waals surface area contributed by atoms with Gasteiger partial charge >= 0.3 is 0 Å². The van der Waals surface area contributed by atoms with Gasteiger partial charge in [-0.25, -0.2) is 9.88 Å². The number of rotatable bonds is 2. The lowest BCUT2D eigenvalue weighted by atomic mass is 9.81. The number of imide groups is 1. The molecule has 1 aromatic heterocycles. The summed E-state index contributed by atoms with van der Waals surface area (Å²) in [6.45, 7) is 1.81. The fraction of sp³-hybridized carbons (Fsp3) is 0.188. The normalized spacial score (nSPS) is 21.9. The Hall–Kier alpha value is -2.01. The monoisotopic (exact) mass is 344 g/mol. The molecule has 2 amide bonds. The van der Waals surface area contributed by atoms with Gasteiger partial charge < -0.3 is 0 Å². The molecule has 0 bridgehead atoms. The number of nitrogens with zero attached hydrogens (tertiary/aromatic N) is 2. The number of benzene rings is 1. The Bertz CT molecular complexity index is 717. The van der Waals surface area contributed by atoms with E-state index in [0.717, 1.165) is 5.56 Å². The molecule has 0 spiro atoms. The van der Waals surface area contributed by atoms with Gasteiger partial charge in [0.2, 0.25) is 11.8 Å². The fourth-order valence-corrected chi connectivity index (χ4v) is 2.94. The highest BCUT2D eigenvalue weighted by Crippen LogP contribution is 2.38. The quantitative estimate of drug-likeness (QED) is 0.621. The number of pyridine rings is 1. The van der Waals surface area contributed by atoms with E-state index in [2.05, 4.69) is 20.9 Å². The summed E-state index contributed by atoms with van der Waals surface area (Å²) in [5, 5.41) is 0. The first-order chi connectivity index (χ1) is 10.0. The first-order valence-electron chi connectivity index (χ1n) is 6.58. The molecule has 1 aromatic carbocycles. The van der Waals surface area contributed by atoms with Crippen LogP contribution in [0.3, 0.4) is 0 Å². The van der Waals surface area contributed by atoms with Crippen LogP contribution >= 0.6 is 15.9 Å². The summed E-state index contributed by atoms with van der Waals surface area (Å²) in [5.74, 6) is -0.0970. The van der Waals surface area contributed by atoms with E-state index < -0.39 is 5.41 Å². The van der Waals surface area contributed by atoms with Gasteiger partial charge in [0.25, 0.3) is 0 Å². The highest BCUT2D eigenvalue weighted by Gasteiger charge is 2.50. The number of amides is 2. The van der Waals surface area contributed by atoms with Gasteiger partial charge in [-0.1, -0.05) is 36.4 Å². The molecule has 1 unspecified atom stereocenters. The maximum atomic E-state index is 12.8. The fourth-order valence-electron chi connectivity index (χ4n) is 2.60. The summed E-state index contributed by atoms with van der Waals surface area (Å²) in [5.41, 5.74) is 0.0170. The van der Waals surface area contributed by atoms with Gasteiger partial charge in [-0.05, 0) is 40.5 Å². The molecule has 4 nitrogen and oxygen atoms in total. The standard InChI is InChI=1S/C16H13BrN2O2/c1-16(11-6-3-2-4-7-11)10-14(20)19(15(16)21)13-9-5-8-12(17)18-13/h2-9H,10H2,1H3. The van der Waals surface area contributed by atoms with Gasteiger partial charge in [-0.2, -0.15) is 0 Å². The van der Waals surface area contributed by atoms with Gasteiger partial charge in [0.05, 0.1) is 5.41 Å². The zero-order valence-electron chi connectivity index (χ0n) is 11.4. The van der Waals surface area contributed by atoms with Crippen molar-refractivity contribution in [2.24, 2.45) is 0 Å². The number of hydrogen-bond acceptors (Lipinski definition) is 3. The van der Waals surface area contributed by atoms with Crippen molar-refractivity contribution in [3.05, 3.63) is 58.7 Å². The molecule has 0 N–H and O–H groups in total. The van der Waals surface area contributed by atoms with Crippen molar-refractivity contribution >= 4 is 33.6 Å². The Morgan fingerprint density at radius 1 is 1.10 bits per heavy atom. The first kappa shape index (κ1) is 13.9. The molecule has 1 aliphatic rings. The molecule has 0 radical (unpaired) electrons. The van der Waals surface area contributed by atoms with Gasteiger partial charge in [0, 0.05) is 6.42 Å². The first-order valence-corrected chi connectivity index (χ1v) is 7.37. The Kier molecular flexibility index (Phi) is 3.37. The molecule has 1 fully saturated rings. The molecule has 21 heavy (non-hydrogen) atoms. The van der Waals surface area contributed by atoms with Crippen LogP contribution in [0.4, 0.5) is 5.82 Å². The van der Waals surface area contributed by atoms with Crippen molar-refractivity contribution in [3.8, 4) is 0 Å².